The number of para-hydroxylation sites is 2. The van der Waals surface area contributed by atoms with Gasteiger partial charge in [0.2, 0.25) is 11.8 Å². The van der Waals surface area contributed by atoms with Gasteiger partial charge in [-0.25, -0.2) is 4.98 Å². The Morgan fingerprint density at radius 2 is 1.79 bits per heavy atom. The highest BCUT2D eigenvalue weighted by Crippen LogP contribution is 2.34. The first-order valence-electron chi connectivity index (χ1n) is 10.9. The molecule has 2 heterocycles. The number of hydrogen-bond acceptors (Lipinski definition) is 6. The lowest BCUT2D eigenvalue weighted by Gasteiger charge is -2.23. The third kappa shape index (κ3) is 4.54. The van der Waals surface area contributed by atoms with Gasteiger partial charge in [-0.3, -0.25) is 9.59 Å². The van der Waals surface area contributed by atoms with Crippen LogP contribution in [-0.2, 0) is 16.6 Å². The predicted molar refractivity (Wildman–Crippen MR) is 126 cm³/mol. The summed E-state index contributed by atoms with van der Waals surface area (Å²) >= 11 is 0. The second-order valence-corrected chi connectivity index (χ2v) is 8.06. The maximum Gasteiger partial charge on any atom is 0.227 e. The fraction of sp³-hybridized carbons (Fsp3) is 0.320. The average molecular weight is 465 g/mol. The van der Waals surface area contributed by atoms with Crippen molar-refractivity contribution < 1.29 is 23.8 Å². The van der Waals surface area contributed by atoms with E-state index < -0.39 is 12.0 Å². The molecule has 9 nitrogen and oxygen atoms in total. The summed E-state index contributed by atoms with van der Waals surface area (Å²) in [5.74, 6) is 1.55. The Hall–Kier alpha value is -4.01. The molecule has 1 fully saturated rings. The van der Waals surface area contributed by atoms with Gasteiger partial charge in [0.05, 0.1) is 32.9 Å². The number of amides is 2. The lowest BCUT2D eigenvalue weighted by molar-refractivity contribution is -0.126. The van der Waals surface area contributed by atoms with Crippen LogP contribution in [0.4, 0.5) is 5.69 Å². The normalized spacial score (nSPS) is 16.3. The van der Waals surface area contributed by atoms with Crippen molar-refractivity contribution in [3.63, 3.8) is 0 Å². The number of ether oxygens (including phenoxy) is 3. The van der Waals surface area contributed by atoms with Gasteiger partial charge in [0, 0.05) is 38.5 Å². The van der Waals surface area contributed by atoms with Gasteiger partial charge in [0.1, 0.15) is 29.1 Å². The van der Waals surface area contributed by atoms with Crippen molar-refractivity contribution in [2.24, 2.45) is 13.0 Å². The number of hydrogen-bond donors (Lipinski definition) is 1. The zero-order valence-electron chi connectivity index (χ0n) is 19.6. The highest BCUT2D eigenvalue weighted by Gasteiger charge is 2.37. The Morgan fingerprint density at radius 1 is 1.09 bits per heavy atom. The highest BCUT2D eigenvalue weighted by molar-refractivity contribution is 6.01. The van der Waals surface area contributed by atoms with E-state index in [4.69, 9.17) is 14.2 Å². The zero-order valence-corrected chi connectivity index (χ0v) is 19.6. The topological polar surface area (TPSA) is 94.9 Å². The number of benzene rings is 2. The van der Waals surface area contributed by atoms with Gasteiger partial charge in [0.25, 0.3) is 0 Å². The first-order chi connectivity index (χ1) is 16.4. The van der Waals surface area contributed by atoms with E-state index in [1.54, 1.807) is 44.6 Å². The molecule has 178 valence electrons. The summed E-state index contributed by atoms with van der Waals surface area (Å²) in [6.07, 6.45) is 3.60. The zero-order chi connectivity index (χ0) is 24.2. The molecule has 2 aromatic carbocycles. The van der Waals surface area contributed by atoms with Crippen LogP contribution in [0.3, 0.4) is 0 Å². The smallest absolute Gasteiger partial charge is 0.227 e. The predicted octanol–water partition coefficient (Wildman–Crippen LogP) is 2.70. The van der Waals surface area contributed by atoms with Gasteiger partial charge in [-0.05, 0) is 29.8 Å². The number of imidazole rings is 1. The Morgan fingerprint density at radius 3 is 2.41 bits per heavy atom. The summed E-state index contributed by atoms with van der Waals surface area (Å²) in [6.45, 7) is 0.264. The molecule has 3 aromatic rings. The van der Waals surface area contributed by atoms with Crippen LogP contribution in [0, 0.1) is 5.92 Å². The number of anilines is 1. The first kappa shape index (κ1) is 23.2. The molecule has 0 aliphatic carbocycles. The number of aromatic nitrogens is 2. The number of aryl methyl sites for hydroxylation is 1. The number of carbonyl (C=O) groups excluding carboxylic acids is 2. The standard InChI is InChI=1S/C25H28N4O5/c1-28-10-9-26-24(28)23(16-11-18(32-2)14-19(12-16)33-3)27-25(31)17-13-22(30)29(15-17)20-7-5-6-8-21(20)34-4/h5-12,14,17,23H,13,15H2,1-4H3,(H,27,31). The minimum absolute atomic E-state index is 0.110. The van der Waals surface area contributed by atoms with Gasteiger partial charge >= 0.3 is 0 Å². The highest BCUT2D eigenvalue weighted by atomic mass is 16.5. The molecule has 1 aromatic heterocycles. The molecule has 0 bridgehead atoms. The molecule has 1 N–H and O–H groups in total. The molecule has 2 amide bonds. The summed E-state index contributed by atoms with van der Waals surface area (Å²) in [6, 6.07) is 12.2. The quantitative estimate of drug-likeness (QED) is 0.551. The Balaban J connectivity index is 1.61. The molecule has 1 aliphatic rings. The molecule has 9 heteroatoms. The maximum absolute atomic E-state index is 13.4. The molecule has 2 atom stereocenters. The SMILES string of the molecule is COc1cc(OC)cc(C(NC(=O)C2CC(=O)N(c3ccccc3OC)C2)c2nccn2C)c1. The second-order valence-electron chi connectivity index (χ2n) is 8.06. The lowest BCUT2D eigenvalue weighted by Crippen LogP contribution is -2.37. The largest absolute Gasteiger partial charge is 0.497 e. The van der Waals surface area contributed by atoms with Crippen molar-refractivity contribution in [2.75, 3.05) is 32.8 Å². The third-order valence-corrected chi connectivity index (χ3v) is 5.98. The molecule has 1 aliphatic heterocycles. The van der Waals surface area contributed by atoms with Crippen LogP contribution in [0.5, 0.6) is 17.2 Å². The Labute approximate surface area is 198 Å². The fourth-order valence-electron chi connectivity index (χ4n) is 4.18. The van der Waals surface area contributed by atoms with Crippen LogP contribution in [-0.4, -0.2) is 49.2 Å². The average Bonchev–Trinajstić information content (AvgIpc) is 3.47. The van der Waals surface area contributed by atoms with E-state index >= 15 is 0 Å². The molecule has 34 heavy (non-hydrogen) atoms. The monoisotopic (exact) mass is 464 g/mol. The van der Waals surface area contributed by atoms with Crippen molar-refractivity contribution >= 4 is 17.5 Å². The van der Waals surface area contributed by atoms with Crippen LogP contribution in [0.25, 0.3) is 0 Å². The summed E-state index contributed by atoms with van der Waals surface area (Å²) in [5.41, 5.74) is 1.41. The summed E-state index contributed by atoms with van der Waals surface area (Å²) in [5, 5.41) is 3.10. The fourth-order valence-corrected chi connectivity index (χ4v) is 4.18. The number of carbonyl (C=O) groups is 2. The van der Waals surface area contributed by atoms with Gasteiger partial charge in [-0.2, -0.15) is 0 Å². The molecule has 2 unspecified atom stereocenters. The summed E-state index contributed by atoms with van der Waals surface area (Å²) < 4.78 is 18.1. The van der Waals surface area contributed by atoms with Gasteiger partial charge in [-0.1, -0.05) is 12.1 Å². The minimum atomic E-state index is -0.563. The van der Waals surface area contributed by atoms with Crippen molar-refractivity contribution in [2.45, 2.75) is 12.5 Å². The Bertz CT molecular complexity index is 1170. The second kappa shape index (κ2) is 9.86. The number of nitrogens with one attached hydrogen (secondary N) is 1. The van der Waals surface area contributed by atoms with Gasteiger partial charge in [0.15, 0.2) is 0 Å². The van der Waals surface area contributed by atoms with E-state index in [0.717, 1.165) is 5.56 Å². The van der Waals surface area contributed by atoms with Crippen LogP contribution in [0.15, 0.2) is 54.9 Å². The first-order valence-corrected chi connectivity index (χ1v) is 10.9. The number of methoxy groups -OCH3 is 3. The molecular weight excluding hydrogens is 436 g/mol. The van der Waals surface area contributed by atoms with E-state index in [9.17, 15) is 9.59 Å². The van der Waals surface area contributed by atoms with Crippen LogP contribution in [0.1, 0.15) is 23.9 Å². The van der Waals surface area contributed by atoms with Gasteiger partial charge in [-0.15, -0.1) is 0 Å². The van der Waals surface area contributed by atoms with Crippen molar-refractivity contribution in [3.05, 3.63) is 66.2 Å². The van der Waals surface area contributed by atoms with E-state index in [2.05, 4.69) is 10.3 Å². The number of rotatable bonds is 8. The van der Waals surface area contributed by atoms with E-state index in [1.165, 1.54) is 0 Å². The summed E-state index contributed by atoms with van der Waals surface area (Å²) in [7, 11) is 6.57. The third-order valence-electron chi connectivity index (χ3n) is 5.98. The van der Waals surface area contributed by atoms with Crippen molar-refractivity contribution in [1.82, 2.24) is 14.9 Å². The summed E-state index contributed by atoms with van der Waals surface area (Å²) in [4.78, 5) is 32.3. The van der Waals surface area contributed by atoms with Crippen LogP contribution >= 0.6 is 0 Å². The maximum atomic E-state index is 13.4. The Kier molecular flexibility index (Phi) is 6.72. The van der Waals surface area contributed by atoms with Crippen molar-refractivity contribution in [1.29, 1.82) is 0 Å². The molecular formula is C25H28N4O5. The van der Waals surface area contributed by atoms with E-state index in [-0.39, 0.29) is 24.8 Å². The molecule has 0 saturated carbocycles. The molecule has 0 radical (unpaired) electrons. The van der Waals surface area contributed by atoms with E-state index in [1.807, 2.05) is 48.1 Å². The molecule has 1 saturated heterocycles. The molecule has 4 rings (SSSR count). The lowest BCUT2D eigenvalue weighted by atomic mass is 10.0. The van der Waals surface area contributed by atoms with Crippen LogP contribution < -0.4 is 24.4 Å². The van der Waals surface area contributed by atoms with Crippen LogP contribution in [0.2, 0.25) is 0 Å². The minimum Gasteiger partial charge on any atom is -0.497 e. The van der Waals surface area contributed by atoms with Gasteiger partial charge < -0.3 is 29.0 Å². The molecule has 0 spiro atoms. The van der Waals surface area contributed by atoms with Crippen molar-refractivity contribution in [3.8, 4) is 17.2 Å². The number of nitrogens with zero attached hydrogens (tertiary/aromatic N) is 3. The van der Waals surface area contributed by atoms with E-state index in [0.29, 0.717) is 28.8 Å².